The molecule has 8 heteroatoms. The van der Waals surface area contributed by atoms with E-state index in [9.17, 15) is 4.79 Å². The summed E-state index contributed by atoms with van der Waals surface area (Å²) in [6.07, 6.45) is 1.82. The van der Waals surface area contributed by atoms with Gasteiger partial charge >= 0.3 is 0 Å². The van der Waals surface area contributed by atoms with Crippen LogP contribution < -0.4 is 19.5 Å². The number of rotatable bonds is 7. The predicted molar refractivity (Wildman–Crippen MR) is 110 cm³/mol. The summed E-state index contributed by atoms with van der Waals surface area (Å²) in [5.41, 5.74) is 3.05. The van der Waals surface area contributed by atoms with Crippen molar-refractivity contribution in [3.63, 3.8) is 0 Å². The van der Waals surface area contributed by atoms with E-state index in [1.807, 2.05) is 61.3 Å². The van der Waals surface area contributed by atoms with Crippen molar-refractivity contribution >= 4 is 17.2 Å². The fraction of sp³-hybridized carbons (Fsp3) is 0.333. The molecule has 0 saturated heterocycles. The van der Waals surface area contributed by atoms with Crippen molar-refractivity contribution in [1.82, 2.24) is 15.1 Å². The second-order valence-electron chi connectivity index (χ2n) is 6.82. The molecule has 0 bridgehead atoms. The van der Waals surface area contributed by atoms with E-state index in [1.165, 1.54) is 11.3 Å². The zero-order chi connectivity index (χ0) is 20.4. The highest BCUT2D eigenvalue weighted by atomic mass is 32.1. The second kappa shape index (κ2) is 8.16. The van der Waals surface area contributed by atoms with Gasteiger partial charge in [0.15, 0.2) is 11.5 Å². The first-order chi connectivity index (χ1) is 14.0. The summed E-state index contributed by atoms with van der Waals surface area (Å²) in [6.45, 7) is 7.46. The highest BCUT2D eigenvalue weighted by molar-refractivity contribution is 7.12. The van der Waals surface area contributed by atoms with E-state index in [2.05, 4.69) is 10.4 Å². The Balaban J connectivity index is 1.35. The number of carbonyl (C=O) groups is 1. The topological polar surface area (TPSA) is 74.6 Å². The van der Waals surface area contributed by atoms with Gasteiger partial charge in [-0.2, -0.15) is 5.10 Å². The van der Waals surface area contributed by atoms with Crippen molar-refractivity contribution in [3.8, 4) is 17.2 Å². The molecule has 0 aliphatic carbocycles. The van der Waals surface area contributed by atoms with E-state index < -0.39 is 0 Å². The Morgan fingerprint density at radius 3 is 2.97 bits per heavy atom. The third-order valence-corrected chi connectivity index (χ3v) is 5.86. The van der Waals surface area contributed by atoms with Crippen LogP contribution >= 0.6 is 11.3 Å². The Kier molecular flexibility index (Phi) is 5.44. The highest BCUT2D eigenvalue weighted by Gasteiger charge is 2.18. The van der Waals surface area contributed by atoms with Crippen LogP contribution in [-0.2, 0) is 13.2 Å². The van der Waals surface area contributed by atoms with Crippen LogP contribution in [0.15, 0.2) is 35.8 Å². The molecule has 0 fully saturated rings. The van der Waals surface area contributed by atoms with Gasteiger partial charge in [0.25, 0.3) is 5.91 Å². The van der Waals surface area contributed by atoms with Crippen LogP contribution in [0.25, 0.3) is 0 Å². The van der Waals surface area contributed by atoms with Crippen LogP contribution in [0.4, 0.5) is 0 Å². The number of hydrogen-bond donors (Lipinski definition) is 1. The van der Waals surface area contributed by atoms with Gasteiger partial charge in [0.05, 0.1) is 17.1 Å². The normalized spacial score (nSPS) is 13.3. The smallest absolute Gasteiger partial charge is 0.261 e. The maximum Gasteiger partial charge on any atom is 0.261 e. The monoisotopic (exact) mass is 413 g/mol. The van der Waals surface area contributed by atoms with Gasteiger partial charge in [0.1, 0.15) is 12.4 Å². The minimum Gasteiger partial charge on any atom is -0.489 e. The van der Waals surface area contributed by atoms with E-state index in [1.54, 1.807) is 0 Å². The number of aromatic nitrogens is 2. The summed E-state index contributed by atoms with van der Waals surface area (Å²) < 4.78 is 18.4. The number of nitrogens with one attached hydrogen (secondary N) is 1. The first-order valence-electron chi connectivity index (χ1n) is 9.48. The van der Waals surface area contributed by atoms with E-state index in [4.69, 9.17) is 14.2 Å². The van der Waals surface area contributed by atoms with Gasteiger partial charge in [-0.15, -0.1) is 11.3 Å². The minimum absolute atomic E-state index is 0.0968. The first-order valence-corrected chi connectivity index (χ1v) is 10.4. The van der Waals surface area contributed by atoms with Gasteiger partial charge in [-0.1, -0.05) is 0 Å². The number of carbonyl (C=O) groups excluding carboxylic acids is 1. The van der Waals surface area contributed by atoms with Crippen LogP contribution in [0.1, 0.15) is 46.4 Å². The molecule has 3 heterocycles. The van der Waals surface area contributed by atoms with Gasteiger partial charge in [-0.05, 0) is 44.4 Å². The number of nitrogens with zero attached hydrogens (tertiary/aromatic N) is 2. The second-order valence-corrected chi connectivity index (χ2v) is 7.73. The molecule has 29 heavy (non-hydrogen) atoms. The third-order valence-electron chi connectivity index (χ3n) is 4.88. The van der Waals surface area contributed by atoms with Gasteiger partial charge in [-0.3, -0.25) is 9.48 Å². The highest BCUT2D eigenvalue weighted by Crippen LogP contribution is 2.35. The molecule has 7 nitrogen and oxygen atoms in total. The Hall–Kier alpha value is -3.00. The lowest BCUT2D eigenvalue weighted by atomic mass is 10.1. The molecule has 1 unspecified atom stereocenters. The average molecular weight is 413 g/mol. The van der Waals surface area contributed by atoms with Gasteiger partial charge < -0.3 is 19.5 Å². The molecule has 2 aromatic heterocycles. The standard InChI is InChI=1S/C21H23N3O4S/c1-4-24-14(3)17(9-22-24)13(2)23-21(25)20-7-15(11-29-20)10-26-16-5-6-18-19(8-16)28-12-27-18/h5-9,11,13H,4,10,12H2,1-3H3,(H,23,25). The quantitative estimate of drug-likeness (QED) is 0.632. The lowest BCUT2D eigenvalue weighted by molar-refractivity contribution is 0.0944. The first kappa shape index (κ1) is 19.3. The molecule has 1 aliphatic rings. The summed E-state index contributed by atoms with van der Waals surface area (Å²) in [7, 11) is 0. The molecular weight excluding hydrogens is 390 g/mol. The number of benzene rings is 1. The third kappa shape index (κ3) is 4.07. The summed E-state index contributed by atoms with van der Waals surface area (Å²) in [4.78, 5) is 13.3. The van der Waals surface area contributed by atoms with Crippen molar-refractivity contribution < 1.29 is 19.0 Å². The molecule has 0 radical (unpaired) electrons. The number of fused-ring (bicyclic) bond motifs is 1. The molecule has 3 aromatic rings. The van der Waals surface area contributed by atoms with Gasteiger partial charge in [0.2, 0.25) is 6.79 Å². The molecule has 152 valence electrons. The number of ether oxygens (including phenoxy) is 3. The Morgan fingerprint density at radius 2 is 2.17 bits per heavy atom. The van der Waals surface area contributed by atoms with Crippen LogP contribution in [0.2, 0.25) is 0 Å². The van der Waals surface area contributed by atoms with Crippen molar-refractivity contribution in [2.24, 2.45) is 0 Å². The Morgan fingerprint density at radius 1 is 1.34 bits per heavy atom. The number of thiophene rings is 1. The molecule has 1 amide bonds. The van der Waals surface area contributed by atoms with Gasteiger partial charge in [0, 0.05) is 29.4 Å². The van der Waals surface area contributed by atoms with E-state index in [0.29, 0.717) is 23.0 Å². The van der Waals surface area contributed by atoms with Crippen molar-refractivity contribution in [1.29, 1.82) is 0 Å². The summed E-state index contributed by atoms with van der Waals surface area (Å²) in [5, 5.41) is 9.34. The molecule has 1 aliphatic heterocycles. The Labute approximate surface area is 173 Å². The SMILES string of the molecule is CCn1ncc(C(C)NC(=O)c2cc(COc3ccc4c(c3)OCO4)cs2)c1C. The molecule has 0 saturated carbocycles. The maximum absolute atomic E-state index is 12.6. The number of amides is 1. The zero-order valence-corrected chi connectivity index (χ0v) is 17.4. The fourth-order valence-electron chi connectivity index (χ4n) is 3.25. The van der Waals surface area contributed by atoms with Crippen LogP contribution in [0.3, 0.4) is 0 Å². The average Bonchev–Trinajstić information content (AvgIpc) is 3.45. The largest absolute Gasteiger partial charge is 0.489 e. The molecular formula is C21H23N3O4S. The summed E-state index contributed by atoms with van der Waals surface area (Å²) in [5.74, 6) is 2.01. The minimum atomic E-state index is -0.113. The molecule has 1 N–H and O–H groups in total. The van der Waals surface area contributed by atoms with E-state index in [-0.39, 0.29) is 18.7 Å². The fourth-order valence-corrected chi connectivity index (χ4v) is 4.05. The van der Waals surface area contributed by atoms with E-state index in [0.717, 1.165) is 29.1 Å². The van der Waals surface area contributed by atoms with Crippen LogP contribution in [0.5, 0.6) is 17.2 Å². The predicted octanol–water partition coefficient (Wildman–Crippen LogP) is 4.07. The van der Waals surface area contributed by atoms with Crippen LogP contribution in [-0.4, -0.2) is 22.5 Å². The number of aryl methyl sites for hydroxylation is 1. The van der Waals surface area contributed by atoms with Gasteiger partial charge in [-0.25, -0.2) is 0 Å². The van der Waals surface area contributed by atoms with E-state index >= 15 is 0 Å². The summed E-state index contributed by atoms with van der Waals surface area (Å²) >= 11 is 1.41. The van der Waals surface area contributed by atoms with Crippen LogP contribution in [0, 0.1) is 6.92 Å². The van der Waals surface area contributed by atoms with Crippen molar-refractivity contribution in [2.75, 3.05) is 6.79 Å². The van der Waals surface area contributed by atoms with Crippen molar-refractivity contribution in [3.05, 3.63) is 57.5 Å². The molecule has 0 spiro atoms. The molecule has 1 aromatic carbocycles. The lowest BCUT2D eigenvalue weighted by Gasteiger charge is -2.13. The van der Waals surface area contributed by atoms with Crippen molar-refractivity contribution in [2.45, 2.75) is 40.0 Å². The number of hydrogen-bond acceptors (Lipinski definition) is 6. The zero-order valence-electron chi connectivity index (χ0n) is 16.6. The lowest BCUT2D eigenvalue weighted by Crippen LogP contribution is -2.26. The molecule has 1 atom stereocenters. The molecule has 4 rings (SSSR count). The summed E-state index contributed by atoms with van der Waals surface area (Å²) in [6, 6.07) is 7.23. The maximum atomic E-state index is 12.6. The Bertz CT molecular complexity index is 1030.